The lowest BCUT2D eigenvalue weighted by Crippen LogP contribution is -2.34. The molecule has 3 rings (SSSR count). The predicted octanol–water partition coefficient (Wildman–Crippen LogP) is 9.76. The van der Waals surface area contributed by atoms with Gasteiger partial charge in [0.2, 0.25) is 0 Å². The zero-order chi connectivity index (χ0) is 30.6. The highest BCUT2D eigenvalue weighted by atomic mass is 16.3. The quantitative estimate of drug-likeness (QED) is 0.280. The fourth-order valence-electron chi connectivity index (χ4n) is 5.94. The van der Waals surface area contributed by atoms with E-state index in [1.807, 2.05) is 39.0 Å². The molecular weight excluding hydrogens is 492 g/mol. The third-order valence-corrected chi connectivity index (χ3v) is 8.74. The molecule has 0 fully saturated rings. The van der Waals surface area contributed by atoms with Crippen LogP contribution in [0.1, 0.15) is 132 Å². The maximum Gasteiger partial charge on any atom is 0.119 e. The molecule has 0 atom stereocenters. The van der Waals surface area contributed by atoms with Crippen molar-refractivity contribution in [2.75, 3.05) is 0 Å². The number of hydrogen-bond acceptors (Lipinski definition) is 3. The van der Waals surface area contributed by atoms with Gasteiger partial charge in [0.05, 0.1) is 0 Å². The Hall–Kier alpha value is -2.94. The lowest BCUT2D eigenvalue weighted by molar-refractivity contribution is 0.447. The largest absolute Gasteiger partial charge is 0.508 e. The van der Waals surface area contributed by atoms with Crippen LogP contribution in [0.5, 0.6) is 17.2 Å². The Labute approximate surface area is 243 Å². The van der Waals surface area contributed by atoms with E-state index < -0.39 is 5.41 Å². The summed E-state index contributed by atoms with van der Waals surface area (Å²) in [5, 5.41) is 34.2. The van der Waals surface area contributed by atoms with Crippen LogP contribution in [0.2, 0.25) is 0 Å². The highest BCUT2D eigenvalue weighted by molar-refractivity contribution is 5.64. The first-order valence-corrected chi connectivity index (χ1v) is 14.7. The molecule has 3 heteroatoms. The van der Waals surface area contributed by atoms with E-state index in [2.05, 4.69) is 87.4 Å². The van der Waals surface area contributed by atoms with Crippen molar-refractivity contribution in [3.8, 4) is 17.2 Å². The zero-order valence-electron chi connectivity index (χ0n) is 27.2. The second kappa shape index (κ2) is 10.5. The summed E-state index contributed by atoms with van der Waals surface area (Å²) in [7, 11) is 0. The van der Waals surface area contributed by atoms with Crippen molar-refractivity contribution < 1.29 is 15.3 Å². The van der Waals surface area contributed by atoms with Crippen LogP contribution in [-0.4, -0.2) is 15.3 Å². The smallest absolute Gasteiger partial charge is 0.119 e. The molecule has 0 spiro atoms. The van der Waals surface area contributed by atoms with Gasteiger partial charge in [0.25, 0.3) is 0 Å². The van der Waals surface area contributed by atoms with Gasteiger partial charge in [0.1, 0.15) is 17.2 Å². The maximum absolute atomic E-state index is 11.4. The molecule has 0 aromatic heterocycles. The van der Waals surface area contributed by atoms with Crippen molar-refractivity contribution in [1.29, 1.82) is 0 Å². The number of rotatable bonds is 5. The van der Waals surface area contributed by atoms with Crippen molar-refractivity contribution in [3.63, 3.8) is 0 Å². The van der Waals surface area contributed by atoms with Crippen LogP contribution < -0.4 is 0 Å². The monoisotopic (exact) mass is 544 g/mol. The van der Waals surface area contributed by atoms with Crippen LogP contribution in [0.3, 0.4) is 0 Å². The summed E-state index contributed by atoms with van der Waals surface area (Å²) in [5.74, 6) is 0.807. The van der Waals surface area contributed by atoms with Gasteiger partial charge in [-0.15, -0.1) is 0 Å². The average Bonchev–Trinajstić information content (AvgIpc) is 2.81. The predicted molar refractivity (Wildman–Crippen MR) is 169 cm³/mol. The molecule has 3 N–H and O–H groups in total. The van der Waals surface area contributed by atoms with E-state index in [0.29, 0.717) is 0 Å². The fraction of sp³-hybridized carbons (Fsp3) is 0.514. The Morgan fingerprint density at radius 2 is 0.725 bits per heavy atom. The zero-order valence-corrected chi connectivity index (χ0v) is 27.2. The fourth-order valence-corrected chi connectivity index (χ4v) is 5.94. The maximum atomic E-state index is 11.4. The molecular formula is C37H52O3. The van der Waals surface area contributed by atoms with Gasteiger partial charge in [-0.2, -0.15) is 0 Å². The van der Waals surface area contributed by atoms with E-state index in [0.717, 1.165) is 62.9 Å². The van der Waals surface area contributed by atoms with E-state index in [4.69, 9.17) is 0 Å². The summed E-state index contributed by atoms with van der Waals surface area (Å²) in [6.45, 7) is 27.6. The van der Waals surface area contributed by atoms with E-state index in [1.54, 1.807) is 0 Å². The molecule has 0 saturated heterocycles. The Balaban J connectivity index is 2.74. The summed E-state index contributed by atoms with van der Waals surface area (Å²) in [6.07, 6.45) is 1.60. The first-order chi connectivity index (χ1) is 18.2. The second-order valence-electron chi connectivity index (χ2n) is 14.9. The molecule has 3 nitrogen and oxygen atoms in total. The van der Waals surface area contributed by atoms with E-state index in [9.17, 15) is 15.3 Å². The number of phenols is 3. The lowest BCUT2D eigenvalue weighted by Gasteiger charge is -2.42. The molecule has 0 amide bonds. The van der Waals surface area contributed by atoms with Crippen molar-refractivity contribution in [1.82, 2.24) is 0 Å². The Morgan fingerprint density at radius 1 is 0.475 bits per heavy atom. The van der Waals surface area contributed by atoms with E-state index >= 15 is 0 Å². The summed E-state index contributed by atoms with van der Waals surface area (Å²) < 4.78 is 0. The first-order valence-electron chi connectivity index (χ1n) is 14.7. The highest BCUT2D eigenvalue weighted by Gasteiger charge is 2.42. The molecule has 0 heterocycles. The number of benzene rings is 3. The third kappa shape index (κ3) is 5.62. The van der Waals surface area contributed by atoms with Crippen LogP contribution >= 0.6 is 0 Å². The molecule has 0 aliphatic heterocycles. The van der Waals surface area contributed by atoms with Gasteiger partial charge in [-0.1, -0.05) is 93.9 Å². The SMILES string of the molecule is CCCC(c1cc(C(C)(C)C)cc(O)c1C)(c1cc(C(C)(C)C)cc(O)c1C)c1cc(C(C)(C)C)cc(O)c1C. The summed E-state index contributed by atoms with van der Waals surface area (Å²) >= 11 is 0. The number of aromatic hydroxyl groups is 3. The van der Waals surface area contributed by atoms with Crippen LogP contribution in [0.15, 0.2) is 36.4 Å². The Morgan fingerprint density at radius 3 is 0.925 bits per heavy atom. The van der Waals surface area contributed by atoms with Crippen LogP contribution in [0.4, 0.5) is 0 Å². The third-order valence-electron chi connectivity index (χ3n) is 8.74. The normalized spacial score (nSPS) is 13.1. The molecule has 0 saturated carbocycles. The van der Waals surface area contributed by atoms with Gasteiger partial charge in [-0.3, -0.25) is 0 Å². The molecule has 0 aliphatic rings. The molecule has 40 heavy (non-hydrogen) atoms. The van der Waals surface area contributed by atoms with E-state index in [-0.39, 0.29) is 33.5 Å². The lowest BCUT2D eigenvalue weighted by atomic mass is 9.61. The van der Waals surface area contributed by atoms with Crippen LogP contribution in [-0.2, 0) is 21.7 Å². The minimum Gasteiger partial charge on any atom is -0.508 e. The van der Waals surface area contributed by atoms with Crippen LogP contribution in [0, 0.1) is 20.8 Å². The van der Waals surface area contributed by atoms with Crippen molar-refractivity contribution >= 4 is 0 Å². The van der Waals surface area contributed by atoms with Crippen molar-refractivity contribution in [3.05, 3.63) is 86.5 Å². The van der Waals surface area contributed by atoms with Gasteiger partial charge < -0.3 is 15.3 Å². The first kappa shape index (κ1) is 31.6. The standard InChI is InChI=1S/C37H52O3/c1-14-15-37(28-16-25(34(5,6)7)19-31(38)22(28)2,29-17-26(35(8,9)10)20-32(39)23(29)3)30-18-27(36(11,12)13)21-33(40)24(30)4/h16-21,38-40H,14-15H2,1-13H3. The minimum atomic E-state index is -0.733. The van der Waals surface area contributed by atoms with Gasteiger partial charge in [-0.25, -0.2) is 0 Å². The second-order valence-corrected chi connectivity index (χ2v) is 14.9. The molecule has 0 unspecified atom stereocenters. The van der Waals surface area contributed by atoms with Gasteiger partial charge in [0.15, 0.2) is 0 Å². The summed E-state index contributed by atoms with van der Waals surface area (Å²) in [6, 6.07) is 12.4. The molecule has 218 valence electrons. The Bertz CT molecular complexity index is 1240. The summed E-state index contributed by atoms with van der Waals surface area (Å²) in [4.78, 5) is 0. The van der Waals surface area contributed by atoms with Gasteiger partial charge >= 0.3 is 0 Å². The van der Waals surface area contributed by atoms with Crippen LogP contribution in [0.25, 0.3) is 0 Å². The minimum absolute atomic E-state index is 0.188. The highest BCUT2D eigenvalue weighted by Crippen LogP contribution is 2.52. The molecule has 0 aliphatic carbocycles. The van der Waals surface area contributed by atoms with Gasteiger partial charge in [0, 0.05) is 5.41 Å². The molecule has 0 radical (unpaired) electrons. The topological polar surface area (TPSA) is 60.7 Å². The average molecular weight is 545 g/mol. The van der Waals surface area contributed by atoms with Crippen molar-refractivity contribution in [2.45, 2.75) is 125 Å². The van der Waals surface area contributed by atoms with Crippen molar-refractivity contribution in [2.24, 2.45) is 0 Å². The summed E-state index contributed by atoms with van der Waals surface area (Å²) in [5.41, 5.74) is 7.36. The number of hydrogen-bond donors (Lipinski definition) is 3. The van der Waals surface area contributed by atoms with Gasteiger partial charge in [-0.05, 0) is 112 Å². The molecule has 3 aromatic carbocycles. The molecule has 3 aromatic rings. The Kier molecular flexibility index (Phi) is 8.27. The number of phenolic OH excluding ortho intramolecular Hbond substituents is 3. The molecule has 0 bridgehead atoms. The van der Waals surface area contributed by atoms with E-state index in [1.165, 1.54) is 0 Å².